The second-order valence-electron chi connectivity index (χ2n) is 10.5. The van der Waals surface area contributed by atoms with E-state index in [4.69, 9.17) is 9.97 Å². The third-order valence-electron chi connectivity index (χ3n) is 8.23. The molecule has 0 saturated heterocycles. The highest BCUT2D eigenvalue weighted by molar-refractivity contribution is 6.21. The molecule has 3 nitrogen and oxygen atoms in total. The van der Waals surface area contributed by atoms with E-state index in [9.17, 15) is 0 Å². The molecule has 0 unspecified atom stereocenters. The van der Waals surface area contributed by atoms with Crippen LogP contribution in [0.15, 0.2) is 129 Å². The minimum Gasteiger partial charge on any atom is -0.254 e. The number of hydrogen-bond acceptors (Lipinski definition) is 3. The monoisotopic (exact) mass is 535 g/mol. The van der Waals surface area contributed by atoms with Crippen molar-refractivity contribution >= 4 is 66.4 Å². The topological polar surface area (TPSA) is 38.7 Å². The SMILES string of the molecule is C=Cc1ccc2ccc(-c3c4ccccc4c(-c4ccc5ccc6cccnc6c5n4)c4ccccc34)nc2c1C=C. The number of aromatic nitrogens is 3. The summed E-state index contributed by atoms with van der Waals surface area (Å²) >= 11 is 0. The first-order chi connectivity index (χ1) is 20.7. The van der Waals surface area contributed by atoms with Crippen molar-refractivity contribution in [1.29, 1.82) is 0 Å². The predicted octanol–water partition coefficient (Wildman–Crippen LogP) is 10.3. The van der Waals surface area contributed by atoms with E-state index in [1.807, 2.05) is 24.4 Å². The van der Waals surface area contributed by atoms with E-state index in [2.05, 4.69) is 121 Å². The van der Waals surface area contributed by atoms with Crippen molar-refractivity contribution in [3.05, 3.63) is 140 Å². The zero-order valence-corrected chi connectivity index (χ0v) is 22.9. The summed E-state index contributed by atoms with van der Waals surface area (Å²) < 4.78 is 0. The normalized spacial score (nSPS) is 11.5. The Morgan fingerprint density at radius 2 is 0.952 bits per heavy atom. The molecular weight excluding hydrogens is 510 g/mol. The molecule has 5 aromatic carbocycles. The Labute approximate surface area is 243 Å². The van der Waals surface area contributed by atoms with Gasteiger partial charge in [0.25, 0.3) is 0 Å². The van der Waals surface area contributed by atoms with Crippen molar-refractivity contribution in [1.82, 2.24) is 15.0 Å². The van der Waals surface area contributed by atoms with Crippen LogP contribution in [0.5, 0.6) is 0 Å². The van der Waals surface area contributed by atoms with E-state index in [0.717, 1.165) is 87.9 Å². The van der Waals surface area contributed by atoms with Gasteiger partial charge in [-0.25, -0.2) is 9.97 Å². The van der Waals surface area contributed by atoms with Gasteiger partial charge in [-0.2, -0.15) is 0 Å². The van der Waals surface area contributed by atoms with Gasteiger partial charge in [0, 0.05) is 39.0 Å². The van der Waals surface area contributed by atoms with Gasteiger partial charge in [0.05, 0.1) is 27.9 Å². The molecule has 0 aliphatic heterocycles. The lowest BCUT2D eigenvalue weighted by molar-refractivity contribution is 1.38. The Bertz CT molecular complexity index is 2340. The molecule has 0 atom stereocenters. The molecule has 0 spiro atoms. The summed E-state index contributed by atoms with van der Waals surface area (Å²) in [6.07, 6.45) is 5.57. The molecule has 196 valence electrons. The van der Waals surface area contributed by atoms with E-state index in [0.29, 0.717) is 0 Å². The average molecular weight is 536 g/mol. The van der Waals surface area contributed by atoms with Gasteiger partial charge in [-0.15, -0.1) is 0 Å². The standard InChI is InChI=1S/C39H25N3/c1-3-24-15-16-26-19-21-33(41-37(26)28(24)4-2)35-29-11-5-7-13-31(29)36(32-14-8-6-12-30(32)35)34-22-20-27-18-17-25-10-9-23-40-38(25)39(27)42-34/h3-23H,1-2H2. The largest absolute Gasteiger partial charge is 0.254 e. The fourth-order valence-electron chi connectivity index (χ4n) is 6.30. The van der Waals surface area contributed by atoms with E-state index >= 15 is 0 Å². The maximum Gasteiger partial charge on any atom is 0.0972 e. The van der Waals surface area contributed by atoms with Crippen LogP contribution < -0.4 is 0 Å². The molecule has 0 aliphatic rings. The van der Waals surface area contributed by atoms with Crippen LogP contribution in [0.25, 0.3) is 88.9 Å². The van der Waals surface area contributed by atoms with Gasteiger partial charge in [0.2, 0.25) is 0 Å². The second-order valence-corrected chi connectivity index (χ2v) is 10.5. The van der Waals surface area contributed by atoms with Crippen molar-refractivity contribution in [3.63, 3.8) is 0 Å². The molecule has 0 saturated carbocycles. The molecule has 3 heterocycles. The molecule has 8 rings (SSSR count). The highest BCUT2D eigenvalue weighted by Crippen LogP contribution is 2.43. The van der Waals surface area contributed by atoms with Crippen LogP contribution in [-0.2, 0) is 0 Å². The molecule has 42 heavy (non-hydrogen) atoms. The van der Waals surface area contributed by atoms with Crippen molar-refractivity contribution in [2.45, 2.75) is 0 Å². The van der Waals surface area contributed by atoms with Gasteiger partial charge in [-0.3, -0.25) is 4.98 Å². The Morgan fingerprint density at radius 1 is 0.452 bits per heavy atom. The van der Waals surface area contributed by atoms with Crippen LogP contribution in [-0.4, -0.2) is 15.0 Å². The molecule has 0 N–H and O–H groups in total. The summed E-state index contributed by atoms with van der Waals surface area (Å²) in [7, 11) is 0. The van der Waals surface area contributed by atoms with Crippen molar-refractivity contribution in [2.24, 2.45) is 0 Å². The molecule has 0 radical (unpaired) electrons. The molecule has 0 amide bonds. The number of rotatable bonds is 4. The summed E-state index contributed by atoms with van der Waals surface area (Å²) in [6, 6.07) is 38.2. The summed E-state index contributed by atoms with van der Waals surface area (Å²) in [5.74, 6) is 0. The Morgan fingerprint density at radius 3 is 1.52 bits per heavy atom. The van der Waals surface area contributed by atoms with Gasteiger partial charge >= 0.3 is 0 Å². The molecule has 0 aliphatic carbocycles. The fourth-order valence-corrected chi connectivity index (χ4v) is 6.30. The molecule has 8 aromatic rings. The van der Waals surface area contributed by atoms with Crippen LogP contribution in [0.2, 0.25) is 0 Å². The van der Waals surface area contributed by atoms with Crippen LogP contribution in [0.1, 0.15) is 11.1 Å². The zero-order chi connectivity index (χ0) is 28.2. The highest BCUT2D eigenvalue weighted by Gasteiger charge is 2.19. The zero-order valence-electron chi connectivity index (χ0n) is 22.9. The minimum absolute atomic E-state index is 0.911. The van der Waals surface area contributed by atoms with E-state index in [1.165, 1.54) is 0 Å². The van der Waals surface area contributed by atoms with Gasteiger partial charge in [-0.1, -0.05) is 116 Å². The van der Waals surface area contributed by atoms with Gasteiger partial charge in [0.1, 0.15) is 0 Å². The molecule has 3 heteroatoms. The molecule has 0 fully saturated rings. The first-order valence-corrected chi connectivity index (χ1v) is 14.0. The van der Waals surface area contributed by atoms with E-state index in [1.54, 1.807) is 0 Å². The van der Waals surface area contributed by atoms with Gasteiger partial charge in [0.15, 0.2) is 0 Å². The maximum atomic E-state index is 5.26. The smallest absolute Gasteiger partial charge is 0.0972 e. The first kappa shape index (κ1) is 24.2. The maximum absolute atomic E-state index is 5.26. The summed E-state index contributed by atoms with van der Waals surface area (Å²) in [6.45, 7) is 8.08. The van der Waals surface area contributed by atoms with Gasteiger partial charge in [-0.05, 0) is 45.3 Å². The third kappa shape index (κ3) is 3.57. The number of hydrogen-bond donors (Lipinski definition) is 0. The quantitative estimate of drug-likeness (QED) is 0.166. The van der Waals surface area contributed by atoms with Crippen molar-refractivity contribution in [3.8, 4) is 22.5 Å². The highest BCUT2D eigenvalue weighted by atomic mass is 14.8. The van der Waals surface area contributed by atoms with Crippen molar-refractivity contribution in [2.75, 3.05) is 0 Å². The number of pyridine rings is 3. The summed E-state index contributed by atoms with van der Waals surface area (Å²) in [5, 5.41) is 7.78. The lowest BCUT2D eigenvalue weighted by Crippen LogP contribution is -1.95. The van der Waals surface area contributed by atoms with E-state index < -0.39 is 0 Å². The average Bonchev–Trinajstić information content (AvgIpc) is 3.06. The lowest BCUT2D eigenvalue weighted by Gasteiger charge is -2.17. The fraction of sp³-hybridized carbons (Fsp3) is 0. The predicted molar refractivity (Wildman–Crippen MR) is 178 cm³/mol. The molecule has 3 aromatic heterocycles. The minimum atomic E-state index is 0.911. The summed E-state index contributed by atoms with van der Waals surface area (Å²) in [5.41, 5.74) is 8.84. The number of fused-ring (bicyclic) bond motifs is 6. The first-order valence-electron chi connectivity index (χ1n) is 14.0. The third-order valence-corrected chi connectivity index (χ3v) is 8.23. The number of nitrogens with zero attached hydrogens (tertiary/aromatic N) is 3. The summed E-state index contributed by atoms with van der Waals surface area (Å²) in [4.78, 5) is 15.2. The molecular formula is C39H25N3. The Balaban J connectivity index is 1.47. The van der Waals surface area contributed by atoms with Gasteiger partial charge < -0.3 is 0 Å². The van der Waals surface area contributed by atoms with Crippen LogP contribution >= 0.6 is 0 Å². The van der Waals surface area contributed by atoms with Crippen LogP contribution in [0.4, 0.5) is 0 Å². The second kappa shape index (κ2) is 9.46. The van der Waals surface area contributed by atoms with E-state index in [-0.39, 0.29) is 0 Å². The van der Waals surface area contributed by atoms with Crippen LogP contribution in [0, 0.1) is 0 Å². The Hall–Kier alpha value is -5.67. The lowest BCUT2D eigenvalue weighted by atomic mass is 9.88. The Kier molecular flexibility index (Phi) is 5.44. The molecule has 0 bridgehead atoms. The number of benzene rings is 5. The van der Waals surface area contributed by atoms with Crippen LogP contribution in [0.3, 0.4) is 0 Å². The van der Waals surface area contributed by atoms with Crippen molar-refractivity contribution < 1.29 is 0 Å².